The zero-order valence-electron chi connectivity index (χ0n) is 22.2. The summed E-state index contributed by atoms with van der Waals surface area (Å²) in [4.78, 5) is 37.7. The molecule has 39 heavy (non-hydrogen) atoms. The lowest BCUT2D eigenvalue weighted by molar-refractivity contribution is -0.126. The van der Waals surface area contributed by atoms with Crippen molar-refractivity contribution in [1.29, 1.82) is 0 Å². The molecular weight excluding hydrogens is 554 g/mol. The fraction of sp³-hybridized carbons (Fsp3) is 0.625. The number of alkyl carbamates (subject to hydrolysis) is 1. The number of ether oxygens (including phenoxy) is 1. The summed E-state index contributed by atoms with van der Waals surface area (Å²) >= 11 is 0. The molecule has 4 atom stereocenters. The van der Waals surface area contributed by atoms with Gasteiger partial charge >= 0.3 is 6.09 Å². The number of benzene rings is 1. The maximum absolute atomic E-state index is 13.1. The van der Waals surface area contributed by atoms with E-state index >= 15 is 0 Å². The number of hydrogen-bond acceptors (Lipinski definition) is 10. The zero-order valence-corrected chi connectivity index (χ0v) is 23.9. The van der Waals surface area contributed by atoms with Crippen molar-refractivity contribution in [3.05, 3.63) is 30.3 Å². The Bertz CT molecular complexity index is 1230. The van der Waals surface area contributed by atoms with E-state index in [1.165, 1.54) is 26.0 Å². The molecule has 1 aromatic carbocycles. The van der Waals surface area contributed by atoms with Gasteiger partial charge in [0.15, 0.2) is 15.3 Å². The van der Waals surface area contributed by atoms with Crippen LogP contribution in [0.4, 0.5) is 4.79 Å². The van der Waals surface area contributed by atoms with E-state index in [1.807, 2.05) is 0 Å². The van der Waals surface area contributed by atoms with Crippen molar-refractivity contribution in [3.8, 4) is 0 Å². The summed E-state index contributed by atoms with van der Waals surface area (Å²) in [5, 5.41) is 17.3. The van der Waals surface area contributed by atoms with Gasteiger partial charge in [-0.05, 0) is 51.2 Å². The van der Waals surface area contributed by atoms with E-state index < -0.39 is 72.7 Å². The van der Waals surface area contributed by atoms with Gasteiger partial charge in [-0.15, -0.1) is 0 Å². The molecule has 1 fully saturated rings. The fourth-order valence-corrected chi connectivity index (χ4v) is 5.98. The van der Waals surface area contributed by atoms with Gasteiger partial charge in [0.05, 0.1) is 10.9 Å². The smallest absolute Gasteiger partial charge is 0.407 e. The van der Waals surface area contributed by atoms with Crippen molar-refractivity contribution in [2.75, 3.05) is 13.2 Å². The highest BCUT2D eigenvalue weighted by Gasteiger charge is 2.38. The van der Waals surface area contributed by atoms with Gasteiger partial charge in [0.1, 0.15) is 27.5 Å². The molecule has 1 aromatic rings. The number of nitrogens with one attached hydrogen (secondary N) is 3. The molecular formula is C24H36N3O10S2-. The summed E-state index contributed by atoms with van der Waals surface area (Å²) < 4.78 is 64.1. The predicted molar refractivity (Wildman–Crippen MR) is 139 cm³/mol. The third-order valence-corrected chi connectivity index (χ3v) is 9.70. The minimum atomic E-state index is -5.25. The van der Waals surface area contributed by atoms with Gasteiger partial charge < -0.3 is 30.3 Å². The topological polar surface area (TPSA) is 208 Å². The molecule has 15 heteroatoms. The average molecular weight is 591 g/mol. The third kappa shape index (κ3) is 8.88. The summed E-state index contributed by atoms with van der Waals surface area (Å²) in [5.74, 6) is -2.20. The van der Waals surface area contributed by atoms with Crippen LogP contribution in [0.1, 0.15) is 47.0 Å². The molecule has 1 aliphatic heterocycles. The molecule has 0 aromatic heterocycles. The second-order valence-corrected chi connectivity index (χ2v) is 14.5. The molecule has 0 bridgehead atoms. The van der Waals surface area contributed by atoms with Gasteiger partial charge in [0, 0.05) is 12.5 Å². The van der Waals surface area contributed by atoms with E-state index in [1.54, 1.807) is 32.0 Å². The molecule has 2 rings (SSSR count). The molecule has 0 aliphatic carbocycles. The highest BCUT2D eigenvalue weighted by Crippen LogP contribution is 2.26. The normalized spacial score (nSPS) is 18.6. The average Bonchev–Trinajstić information content (AvgIpc) is 3.25. The van der Waals surface area contributed by atoms with Crippen molar-refractivity contribution in [2.24, 2.45) is 11.8 Å². The molecule has 0 saturated carbocycles. The Labute approximate surface area is 228 Å². The van der Waals surface area contributed by atoms with Crippen molar-refractivity contribution < 1.29 is 45.6 Å². The highest BCUT2D eigenvalue weighted by atomic mass is 32.2. The van der Waals surface area contributed by atoms with E-state index in [9.17, 15) is 40.9 Å². The molecule has 1 unspecified atom stereocenters. The Morgan fingerprint density at radius 3 is 2.28 bits per heavy atom. The first-order chi connectivity index (χ1) is 18.0. The minimum absolute atomic E-state index is 0.0462. The maximum Gasteiger partial charge on any atom is 0.407 e. The standard InChI is InChI=1S/C24H37N3O10S2/c1-15(2)12-18(21(29)26-19(22(30)39(34,35)36)13-16-10-11-25-20(16)28)27-23(31)37-14-24(3,4)38(32,33)17-8-6-5-7-9-17/h5-9,15-16,18-19,22,30H,10-14H2,1-4H3,(H,25,28)(H,26,29)(H,27,31)(H,34,35,36)/p-1/t16-,18-,19-,22?/m0/s1. The van der Waals surface area contributed by atoms with Crippen molar-refractivity contribution >= 4 is 37.9 Å². The summed E-state index contributed by atoms with van der Waals surface area (Å²) in [5.41, 5.74) is -2.52. The summed E-state index contributed by atoms with van der Waals surface area (Å²) in [7, 11) is -9.14. The number of sulfone groups is 1. The second-order valence-electron chi connectivity index (χ2n) is 10.5. The van der Waals surface area contributed by atoms with E-state index in [4.69, 9.17) is 4.74 Å². The van der Waals surface area contributed by atoms with Crippen molar-refractivity contribution in [1.82, 2.24) is 16.0 Å². The van der Waals surface area contributed by atoms with E-state index in [0.29, 0.717) is 13.0 Å². The lowest BCUT2D eigenvalue weighted by Gasteiger charge is -2.30. The molecule has 1 heterocycles. The van der Waals surface area contributed by atoms with Crippen molar-refractivity contribution in [3.63, 3.8) is 0 Å². The Kier molecular flexibility index (Phi) is 10.9. The fourth-order valence-electron chi connectivity index (χ4n) is 4.03. The molecule has 13 nitrogen and oxygen atoms in total. The summed E-state index contributed by atoms with van der Waals surface area (Å²) in [6.45, 7) is 6.05. The summed E-state index contributed by atoms with van der Waals surface area (Å²) in [6.07, 6.45) is -1.04. The van der Waals surface area contributed by atoms with Crippen LogP contribution in [0, 0.1) is 11.8 Å². The van der Waals surface area contributed by atoms with E-state index in [-0.39, 0.29) is 23.7 Å². The van der Waals surface area contributed by atoms with Crippen LogP contribution in [-0.2, 0) is 34.3 Å². The minimum Gasteiger partial charge on any atom is -0.746 e. The van der Waals surface area contributed by atoms with Crippen LogP contribution in [-0.4, -0.2) is 79.8 Å². The van der Waals surface area contributed by atoms with Crippen LogP contribution in [0.15, 0.2) is 35.2 Å². The number of aliphatic hydroxyl groups is 1. The predicted octanol–water partition coefficient (Wildman–Crippen LogP) is 0.254. The number of carbonyl (C=O) groups excluding carboxylic acids is 3. The first-order valence-corrected chi connectivity index (χ1v) is 15.3. The van der Waals surface area contributed by atoms with Gasteiger partial charge in [0.25, 0.3) is 0 Å². The van der Waals surface area contributed by atoms with Crippen LogP contribution in [0.5, 0.6) is 0 Å². The quantitative estimate of drug-likeness (QED) is 0.230. The highest BCUT2D eigenvalue weighted by molar-refractivity contribution is 7.92. The number of amides is 3. The van der Waals surface area contributed by atoms with Crippen LogP contribution in [0.3, 0.4) is 0 Å². The number of aliphatic hydroxyl groups excluding tert-OH is 1. The molecule has 0 radical (unpaired) electrons. The Hall–Kier alpha value is -2.75. The SMILES string of the molecule is CC(C)C[C@H](NC(=O)OCC(C)(C)S(=O)(=O)c1ccccc1)C(=O)N[C@@H](C[C@@H]1CCNC1=O)C(O)S(=O)(=O)[O-]. The molecule has 1 saturated heterocycles. The maximum atomic E-state index is 13.1. The van der Waals surface area contributed by atoms with Crippen LogP contribution in [0.25, 0.3) is 0 Å². The Morgan fingerprint density at radius 2 is 1.77 bits per heavy atom. The molecule has 3 amide bonds. The molecule has 1 aliphatic rings. The molecule has 4 N–H and O–H groups in total. The van der Waals surface area contributed by atoms with Gasteiger partial charge in [-0.1, -0.05) is 32.0 Å². The third-order valence-electron chi connectivity index (χ3n) is 6.32. The van der Waals surface area contributed by atoms with Gasteiger partial charge in [-0.2, -0.15) is 0 Å². The molecule has 220 valence electrons. The molecule has 0 spiro atoms. The number of carbonyl (C=O) groups is 3. The second kappa shape index (κ2) is 13.1. The Morgan fingerprint density at radius 1 is 1.15 bits per heavy atom. The largest absolute Gasteiger partial charge is 0.746 e. The first kappa shape index (κ1) is 32.5. The number of hydrogen-bond donors (Lipinski definition) is 4. The van der Waals surface area contributed by atoms with E-state index in [2.05, 4.69) is 16.0 Å². The lowest BCUT2D eigenvalue weighted by Crippen LogP contribution is -2.55. The zero-order chi connectivity index (χ0) is 29.6. The van der Waals surface area contributed by atoms with Gasteiger partial charge in [-0.3, -0.25) is 9.59 Å². The van der Waals surface area contributed by atoms with Crippen LogP contribution < -0.4 is 16.0 Å². The van der Waals surface area contributed by atoms with Gasteiger partial charge in [0.2, 0.25) is 11.8 Å². The van der Waals surface area contributed by atoms with Crippen LogP contribution in [0.2, 0.25) is 0 Å². The number of rotatable bonds is 13. The van der Waals surface area contributed by atoms with E-state index in [0.717, 1.165) is 0 Å². The Balaban J connectivity index is 2.13. The first-order valence-electron chi connectivity index (χ1n) is 12.4. The monoisotopic (exact) mass is 590 g/mol. The van der Waals surface area contributed by atoms with Gasteiger partial charge in [-0.25, -0.2) is 21.6 Å². The lowest BCUT2D eigenvalue weighted by atomic mass is 9.97. The summed E-state index contributed by atoms with van der Waals surface area (Å²) in [6, 6.07) is 4.73. The van der Waals surface area contributed by atoms with Crippen LogP contribution >= 0.6 is 0 Å². The van der Waals surface area contributed by atoms with Crippen molar-refractivity contribution in [2.45, 2.75) is 74.1 Å².